The van der Waals surface area contributed by atoms with Crippen LogP contribution in [0.25, 0.3) is 0 Å². The third-order valence-electron chi connectivity index (χ3n) is 3.29. The predicted molar refractivity (Wildman–Crippen MR) is 69.7 cm³/mol. The number of carbonyl (C=O) groups is 1. The lowest BCUT2D eigenvalue weighted by atomic mass is 10.1. The van der Waals surface area contributed by atoms with Crippen molar-refractivity contribution in [3.8, 4) is 0 Å². The van der Waals surface area contributed by atoms with Crippen molar-refractivity contribution in [1.29, 1.82) is 0 Å². The van der Waals surface area contributed by atoms with Crippen LogP contribution >= 0.6 is 0 Å². The maximum Gasteiger partial charge on any atom is 0.302 e. The summed E-state index contributed by atoms with van der Waals surface area (Å²) < 4.78 is 46.8. The zero-order valence-corrected chi connectivity index (χ0v) is 11.6. The topological polar surface area (TPSA) is 54.5 Å². The second kappa shape index (κ2) is 5.87. The molecule has 0 aliphatic carbocycles. The molecule has 1 aromatic carbocycles. The number of amides is 1. The Morgan fingerprint density at radius 2 is 2.10 bits per heavy atom. The van der Waals surface area contributed by atoms with Crippen molar-refractivity contribution in [2.45, 2.75) is 12.8 Å². The van der Waals surface area contributed by atoms with Crippen LogP contribution in [-0.4, -0.2) is 38.1 Å². The molecule has 1 aliphatic rings. The minimum absolute atomic E-state index is 0.0479. The van der Waals surface area contributed by atoms with E-state index in [0.29, 0.717) is 13.0 Å². The molecule has 0 radical (unpaired) electrons. The molecule has 1 heterocycles. The molecule has 2 rings (SSSR count). The largest absolute Gasteiger partial charge is 0.342 e. The molecule has 0 spiro atoms. The van der Waals surface area contributed by atoms with Crippen molar-refractivity contribution in [2.75, 3.05) is 18.8 Å². The number of hydrogen-bond donors (Lipinski definition) is 0. The highest BCUT2D eigenvalue weighted by atomic mass is 32.3. The van der Waals surface area contributed by atoms with E-state index in [2.05, 4.69) is 0 Å². The summed E-state index contributed by atoms with van der Waals surface area (Å²) in [6.45, 7) is 0.614. The summed E-state index contributed by atoms with van der Waals surface area (Å²) in [7, 11) is -4.56. The normalized spacial score (nSPS) is 19.6. The van der Waals surface area contributed by atoms with Gasteiger partial charge in [-0.15, -0.1) is 3.89 Å². The number of benzene rings is 1. The first kappa shape index (κ1) is 14.9. The quantitative estimate of drug-likeness (QED) is 0.775. The van der Waals surface area contributed by atoms with Crippen LogP contribution in [0.1, 0.15) is 12.0 Å². The highest BCUT2D eigenvalue weighted by molar-refractivity contribution is 7.86. The summed E-state index contributed by atoms with van der Waals surface area (Å²) in [4.78, 5) is 13.2. The first-order valence-corrected chi connectivity index (χ1v) is 7.83. The molecule has 0 saturated carbocycles. The average molecular weight is 303 g/mol. The molecular weight excluding hydrogens is 288 g/mol. The van der Waals surface area contributed by atoms with Gasteiger partial charge in [-0.25, -0.2) is 4.39 Å². The van der Waals surface area contributed by atoms with Crippen LogP contribution in [0.4, 0.5) is 8.28 Å². The van der Waals surface area contributed by atoms with Gasteiger partial charge in [-0.2, -0.15) is 8.42 Å². The second-order valence-corrected chi connectivity index (χ2v) is 6.41. The average Bonchev–Trinajstić information content (AvgIpc) is 2.64. The van der Waals surface area contributed by atoms with Crippen LogP contribution in [0.15, 0.2) is 24.3 Å². The minimum Gasteiger partial charge on any atom is -0.342 e. The molecule has 1 aliphatic heterocycles. The van der Waals surface area contributed by atoms with E-state index in [1.165, 1.54) is 17.0 Å². The summed E-state index contributed by atoms with van der Waals surface area (Å²) in [5, 5.41) is 0. The maximum absolute atomic E-state index is 13.0. The molecule has 4 nitrogen and oxygen atoms in total. The molecule has 20 heavy (non-hydrogen) atoms. The van der Waals surface area contributed by atoms with Gasteiger partial charge in [-0.05, 0) is 24.1 Å². The summed E-state index contributed by atoms with van der Waals surface area (Å²) >= 11 is 0. The fraction of sp³-hybridized carbons (Fsp3) is 0.462. The van der Waals surface area contributed by atoms with Gasteiger partial charge in [0, 0.05) is 25.4 Å². The van der Waals surface area contributed by atoms with Gasteiger partial charge in [0.2, 0.25) is 5.91 Å². The van der Waals surface area contributed by atoms with Gasteiger partial charge in [0.05, 0.1) is 5.75 Å². The van der Waals surface area contributed by atoms with Gasteiger partial charge in [0.1, 0.15) is 5.82 Å². The van der Waals surface area contributed by atoms with Gasteiger partial charge in [-0.3, -0.25) is 4.79 Å². The summed E-state index contributed by atoms with van der Waals surface area (Å²) in [6.07, 6.45) is 0.533. The van der Waals surface area contributed by atoms with E-state index in [4.69, 9.17) is 0 Å². The van der Waals surface area contributed by atoms with Gasteiger partial charge in [0.25, 0.3) is 0 Å². The van der Waals surface area contributed by atoms with Crippen molar-refractivity contribution in [3.63, 3.8) is 0 Å². The Morgan fingerprint density at radius 1 is 1.35 bits per heavy atom. The Kier molecular flexibility index (Phi) is 4.37. The fourth-order valence-corrected chi connectivity index (χ4v) is 3.21. The molecule has 110 valence electrons. The molecule has 1 unspecified atom stereocenters. The van der Waals surface area contributed by atoms with Crippen molar-refractivity contribution >= 4 is 16.1 Å². The van der Waals surface area contributed by atoms with E-state index in [9.17, 15) is 21.5 Å². The Morgan fingerprint density at radius 3 is 2.75 bits per heavy atom. The number of nitrogens with zero attached hydrogens (tertiary/aromatic N) is 1. The van der Waals surface area contributed by atoms with Gasteiger partial charge >= 0.3 is 10.2 Å². The van der Waals surface area contributed by atoms with Gasteiger partial charge in [0.15, 0.2) is 0 Å². The Balaban J connectivity index is 1.89. The van der Waals surface area contributed by atoms with E-state index >= 15 is 0 Å². The number of carbonyl (C=O) groups excluding carboxylic acids is 1. The van der Waals surface area contributed by atoms with Crippen molar-refractivity contribution < 1.29 is 21.5 Å². The van der Waals surface area contributed by atoms with Gasteiger partial charge < -0.3 is 4.90 Å². The SMILES string of the molecule is O=C1CC(CS(=O)(=O)F)CN1CCc1cccc(F)c1. The van der Waals surface area contributed by atoms with E-state index in [1.54, 1.807) is 12.1 Å². The maximum atomic E-state index is 13.0. The first-order valence-electron chi connectivity index (χ1n) is 6.28. The zero-order valence-electron chi connectivity index (χ0n) is 10.8. The summed E-state index contributed by atoms with van der Waals surface area (Å²) in [6, 6.07) is 6.08. The number of likely N-dealkylation sites (tertiary alicyclic amines) is 1. The third kappa shape index (κ3) is 4.26. The molecular formula is C13H15F2NO3S. The zero-order chi connectivity index (χ0) is 14.8. The Hall–Kier alpha value is -1.50. The predicted octanol–water partition coefficient (Wildman–Crippen LogP) is 1.52. The molecule has 0 bridgehead atoms. The molecule has 1 atom stereocenters. The lowest BCUT2D eigenvalue weighted by Crippen LogP contribution is -2.28. The van der Waals surface area contributed by atoms with Crippen LogP contribution in [0.3, 0.4) is 0 Å². The molecule has 1 amide bonds. The summed E-state index contributed by atoms with van der Waals surface area (Å²) in [5.74, 6) is -1.63. The molecule has 7 heteroatoms. The van der Waals surface area contributed by atoms with Gasteiger partial charge in [-0.1, -0.05) is 12.1 Å². The van der Waals surface area contributed by atoms with Crippen LogP contribution in [0.2, 0.25) is 0 Å². The Labute approximate surface area is 116 Å². The van der Waals surface area contributed by atoms with Crippen molar-refractivity contribution in [2.24, 2.45) is 5.92 Å². The second-order valence-electron chi connectivity index (χ2n) is 5.00. The standard InChI is InChI=1S/C13H15F2NO3S/c14-12-3-1-2-10(6-12)4-5-16-8-11(7-13(16)17)9-20(15,18)19/h1-3,6,11H,4-5,7-9H2. The van der Waals surface area contributed by atoms with E-state index in [1.807, 2.05) is 0 Å². The smallest absolute Gasteiger partial charge is 0.302 e. The minimum atomic E-state index is -4.56. The molecule has 1 fully saturated rings. The summed E-state index contributed by atoms with van der Waals surface area (Å²) in [5.41, 5.74) is 0.763. The van der Waals surface area contributed by atoms with Crippen LogP contribution in [0.5, 0.6) is 0 Å². The number of hydrogen-bond acceptors (Lipinski definition) is 3. The third-order valence-corrected chi connectivity index (χ3v) is 4.16. The highest BCUT2D eigenvalue weighted by Crippen LogP contribution is 2.20. The Bertz CT molecular complexity index is 603. The molecule has 0 aromatic heterocycles. The molecule has 1 saturated heterocycles. The monoisotopic (exact) mass is 303 g/mol. The van der Waals surface area contributed by atoms with Crippen LogP contribution in [-0.2, 0) is 21.4 Å². The highest BCUT2D eigenvalue weighted by Gasteiger charge is 2.32. The van der Waals surface area contributed by atoms with E-state index < -0.39 is 21.9 Å². The van der Waals surface area contributed by atoms with Crippen LogP contribution < -0.4 is 0 Å². The lowest BCUT2D eigenvalue weighted by molar-refractivity contribution is -0.127. The van der Waals surface area contributed by atoms with Crippen LogP contribution in [0, 0.1) is 11.7 Å². The fourth-order valence-electron chi connectivity index (χ4n) is 2.42. The van der Waals surface area contributed by atoms with E-state index in [0.717, 1.165) is 5.56 Å². The molecule has 1 aromatic rings. The first-order chi connectivity index (χ1) is 9.33. The van der Waals surface area contributed by atoms with E-state index in [-0.39, 0.29) is 24.7 Å². The van der Waals surface area contributed by atoms with Crippen molar-refractivity contribution in [3.05, 3.63) is 35.6 Å². The lowest BCUT2D eigenvalue weighted by Gasteiger charge is -2.16. The number of halogens is 2. The number of rotatable bonds is 5. The molecule has 0 N–H and O–H groups in total. The van der Waals surface area contributed by atoms with Crippen molar-refractivity contribution in [1.82, 2.24) is 4.90 Å².